The minimum atomic E-state index is -0.0222. The highest BCUT2D eigenvalue weighted by Crippen LogP contribution is 2.25. The molecule has 5 nitrogen and oxygen atoms in total. The van der Waals surface area contributed by atoms with Crippen LogP contribution in [0.2, 0.25) is 0 Å². The van der Waals surface area contributed by atoms with E-state index in [-0.39, 0.29) is 5.91 Å². The molecule has 28 heavy (non-hydrogen) atoms. The fourth-order valence-corrected chi connectivity index (χ4v) is 3.99. The fraction of sp³-hybridized carbons (Fsp3) is 0.273. The van der Waals surface area contributed by atoms with Gasteiger partial charge in [0.1, 0.15) is 11.6 Å². The van der Waals surface area contributed by atoms with E-state index < -0.39 is 0 Å². The Morgan fingerprint density at radius 3 is 2.64 bits per heavy atom. The minimum Gasteiger partial charge on any atom is -0.497 e. The van der Waals surface area contributed by atoms with Crippen LogP contribution >= 0.6 is 11.8 Å². The van der Waals surface area contributed by atoms with E-state index in [0.717, 1.165) is 40.6 Å². The number of carbonyl (C=O) groups is 1. The summed E-state index contributed by atoms with van der Waals surface area (Å²) in [6.45, 7) is 1.06. The second-order valence-electron chi connectivity index (χ2n) is 6.78. The van der Waals surface area contributed by atoms with E-state index in [0.29, 0.717) is 5.75 Å². The number of imidazole rings is 1. The van der Waals surface area contributed by atoms with E-state index in [1.807, 2.05) is 48.5 Å². The first-order valence-corrected chi connectivity index (χ1v) is 10.4. The van der Waals surface area contributed by atoms with E-state index in [9.17, 15) is 4.79 Å². The number of hydrogen-bond acceptors (Lipinski definition) is 4. The molecule has 0 spiro atoms. The molecule has 1 aromatic heterocycles. The maximum Gasteiger partial charge on any atom is 0.234 e. The highest BCUT2D eigenvalue weighted by atomic mass is 32.2. The smallest absolute Gasteiger partial charge is 0.234 e. The second kappa shape index (κ2) is 8.52. The molecule has 2 heterocycles. The van der Waals surface area contributed by atoms with Crippen LogP contribution in [-0.4, -0.2) is 28.3 Å². The standard InChI is InChI=1S/C22H23N3O2S/c1-27-18-9-11-19(12-10-18)28-15-22(26)23-17-7-5-16(6-8-17)20-14-25-13-3-2-4-21(25)24-20/h5-12,14H,2-4,13,15H2,1H3,(H,23,26). The van der Waals surface area contributed by atoms with Gasteiger partial charge in [-0.3, -0.25) is 4.79 Å². The van der Waals surface area contributed by atoms with Gasteiger partial charge in [-0.1, -0.05) is 12.1 Å². The van der Waals surface area contributed by atoms with E-state index >= 15 is 0 Å². The van der Waals surface area contributed by atoms with Gasteiger partial charge in [-0.15, -0.1) is 11.8 Å². The first-order valence-electron chi connectivity index (χ1n) is 9.44. The van der Waals surface area contributed by atoms with Crippen LogP contribution in [0.4, 0.5) is 5.69 Å². The molecule has 6 heteroatoms. The summed E-state index contributed by atoms with van der Waals surface area (Å²) >= 11 is 1.50. The summed E-state index contributed by atoms with van der Waals surface area (Å²) in [5, 5.41) is 2.95. The van der Waals surface area contributed by atoms with Crippen molar-refractivity contribution in [2.75, 3.05) is 18.2 Å². The highest BCUT2D eigenvalue weighted by molar-refractivity contribution is 8.00. The summed E-state index contributed by atoms with van der Waals surface area (Å²) in [4.78, 5) is 18.0. The zero-order valence-corrected chi connectivity index (χ0v) is 16.7. The number of benzene rings is 2. The van der Waals surface area contributed by atoms with Crippen molar-refractivity contribution in [3.05, 3.63) is 60.6 Å². The number of carbonyl (C=O) groups excluding carboxylic acids is 1. The van der Waals surface area contributed by atoms with Crippen LogP contribution in [0, 0.1) is 0 Å². The van der Waals surface area contributed by atoms with E-state index in [1.54, 1.807) is 7.11 Å². The summed E-state index contributed by atoms with van der Waals surface area (Å²) < 4.78 is 7.40. The predicted octanol–water partition coefficient (Wildman–Crippen LogP) is 4.63. The van der Waals surface area contributed by atoms with Crippen molar-refractivity contribution in [3.8, 4) is 17.0 Å². The zero-order chi connectivity index (χ0) is 19.3. The van der Waals surface area contributed by atoms with Gasteiger partial charge in [0.25, 0.3) is 0 Å². The monoisotopic (exact) mass is 393 g/mol. The lowest BCUT2D eigenvalue weighted by molar-refractivity contribution is -0.113. The van der Waals surface area contributed by atoms with E-state index in [2.05, 4.69) is 16.1 Å². The molecular weight excluding hydrogens is 370 g/mol. The van der Waals surface area contributed by atoms with Crippen LogP contribution < -0.4 is 10.1 Å². The average Bonchev–Trinajstić information content (AvgIpc) is 3.17. The third-order valence-corrected chi connectivity index (χ3v) is 5.81. The Morgan fingerprint density at radius 2 is 1.93 bits per heavy atom. The maximum absolute atomic E-state index is 12.2. The molecule has 1 N–H and O–H groups in total. The van der Waals surface area contributed by atoms with Crippen molar-refractivity contribution >= 4 is 23.4 Å². The summed E-state index contributed by atoms with van der Waals surface area (Å²) in [6.07, 6.45) is 5.63. The molecule has 1 aliphatic rings. The van der Waals surface area contributed by atoms with Crippen molar-refractivity contribution < 1.29 is 9.53 Å². The highest BCUT2D eigenvalue weighted by Gasteiger charge is 2.13. The van der Waals surface area contributed by atoms with Crippen molar-refractivity contribution in [3.63, 3.8) is 0 Å². The molecule has 144 valence electrons. The molecular formula is C22H23N3O2S. The number of ether oxygens (including phenoxy) is 1. The third-order valence-electron chi connectivity index (χ3n) is 4.80. The molecule has 0 unspecified atom stereocenters. The molecule has 0 saturated heterocycles. The summed E-state index contributed by atoms with van der Waals surface area (Å²) in [6, 6.07) is 15.6. The number of thioether (sulfide) groups is 1. The number of aromatic nitrogens is 2. The van der Waals surface area contributed by atoms with Gasteiger partial charge in [0, 0.05) is 35.3 Å². The van der Waals surface area contributed by atoms with Gasteiger partial charge in [0.15, 0.2) is 0 Å². The van der Waals surface area contributed by atoms with Gasteiger partial charge in [-0.05, 0) is 49.2 Å². The topological polar surface area (TPSA) is 56.1 Å². The number of nitrogens with one attached hydrogen (secondary N) is 1. The number of methoxy groups -OCH3 is 1. The Labute approximate surface area is 169 Å². The second-order valence-corrected chi connectivity index (χ2v) is 7.83. The first kappa shape index (κ1) is 18.6. The molecule has 0 fully saturated rings. The summed E-state index contributed by atoms with van der Waals surface area (Å²) in [7, 11) is 1.64. The Morgan fingerprint density at radius 1 is 1.14 bits per heavy atom. The van der Waals surface area contributed by atoms with Crippen LogP contribution in [0.25, 0.3) is 11.3 Å². The van der Waals surface area contributed by atoms with Gasteiger partial charge in [-0.25, -0.2) is 4.98 Å². The molecule has 0 bridgehead atoms. The molecule has 1 aliphatic heterocycles. The number of anilines is 1. The lowest BCUT2D eigenvalue weighted by Crippen LogP contribution is -2.13. The minimum absolute atomic E-state index is 0.0222. The van der Waals surface area contributed by atoms with Crippen molar-refractivity contribution in [1.29, 1.82) is 0 Å². The molecule has 0 atom stereocenters. The van der Waals surface area contributed by atoms with Gasteiger partial charge >= 0.3 is 0 Å². The molecule has 1 amide bonds. The van der Waals surface area contributed by atoms with Gasteiger partial charge in [0.2, 0.25) is 5.91 Å². The van der Waals surface area contributed by atoms with Crippen molar-refractivity contribution in [2.45, 2.75) is 30.7 Å². The van der Waals surface area contributed by atoms with Crippen LogP contribution in [0.3, 0.4) is 0 Å². The Balaban J connectivity index is 1.33. The molecule has 0 radical (unpaired) electrons. The van der Waals surface area contributed by atoms with Gasteiger partial charge in [0.05, 0.1) is 18.6 Å². The quantitative estimate of drug-likeness (QED) is 0.621. The number of fused-ring (bicyclic) bond motifs is 1. The Hall–Kier alpha value is -2.73. The Kier molecular flexibility index (Phi) is 5.67. The van der Waals surface area contributed by atoms with Crippen LogP contribution in [0.5, 0.6) is 5.75 Å². The van der Waals surface area contributed by atoms with E-state index in [4.69, 9.17) is 9.72 Å². The molecule has 0 saturated carbocycles. The number of amides is 1. The maximum atomic E-state index is 12.2. The van der Waals surface area contributed by atoms with Crippen molar-refractivity contribution in [2.24, 2.45) is 0 Å². The van der Waals surface area contributed by atoms with Crippen LogP contribution in [-0.2, 0) is 17.8 Å². The first-order chi connectivity index (χ1) is 13.7. The fourth-order valence-electron chi connectivity index (χ4n) is 3.29. The normalized spacial score (nSPS) is 13.0. The SMILES string of the molecule is COc1ccc(SCC(=O)Nc2ccc(-c3cn4c(n3)CCCC4)cc2)cc1. The zero-order valence-electron chi connectivity index (χ0n) is 15.9. The molecule has 3 aromatic rings. The van der Waals surface area contributed by atoms with Gasteiger partial charge < -0.3 is 14.6 Å². The Bertz CT molecular complexity index is 925. The average molecular weight is 394 g/mol. The number of rotatable bonds is 6. The van der Waals surface area contributed by atoms with Crippen LogP contribution in [0.1, 0.15) is 18.7 Å². The third kappa shape index (κ3) is 4.39. The van der Waals surface area contributed by atoms with E-state index in [1.165, 1.54) is 30.4 Å². The number of nitrogens with zero attached hydrogens (tertiary/aromatic N) is 2. The summed E-state index contributed by atoms with van der Waals surface area (Å²) in [5.74, 6) is 2.33. The molecule has 0 aliphatic carbocycles. The number of hydrogen-bond donors (Lipinski definition) is 1. The predicted molar refractivity (Wildman–Crippen MR) is 113 cm³/mol. The van der Waals surface area contributed by atoms with Crippen molar-refractivity contribution in [1.82, 2.24) is 9.55 Å². The summed E-state index contributed by atoms with van der Waals surface area (Å²) in [5.41, 5.74) is 2.88. The lowest BCUT2D eigenvalue weighted by atomic mass is 10.1. The van der Waals surface area contributed by atoms with Crippen LogP contribution in [0.15, 0.2) is 59.6 Å². The molecule has 4 rings (SSSR count). The van der Waals surface area contributed by atoms with Gasteiger partial charge in [-0.2, -0.15) is 0 Å². The lowest BCUT2D eigenvalue weighted by Gasteiger charge is -2.11. The molecule has 2 aromatic carbocycles. The number of aryl methyl sites for hydroxylation is 2. The largest absolute Gasteiger partial charge is 0.497 e.